The van der Waals surface area contributed by atoms with Crippen LogP contribution in [0, 0.1) is 13.8 Å². The minimum atomic E-state index is 0.0779. The summed E-state index contributed by atoms with van der Waals surface area (Å²) in [4.78, 5) is 11.5. The highest BCUT2D eigenvalue weighted by Crippen LogP contribution is 2.35. The maximum atomic E-state index is 11.5. The van der Waals surface area contributed by atoms with Crippen molar-refractivity contribution in [1.82, 2.24) is 0 Å². The van der Waals surface area contributed by atoms with E-state index in [-0.39, 0.29) is 5.43 Å². The molecule has 1 nitrogen and oxygen atoms in total. The molecule has 3 rings (SSSR count). The van der Waals surface area contributed by atoms with Gasteiger partial charge in [-0.25, -0.2) is 0 Å². The van der Waals surface area contributed by atoms with E-state index in [0.29, 0.717) is 0 Å². The third-order valence-electron chi connectivity index (χ3n) is 3.04. The van der Waals surface area contributed by atoms with Crippen LogP contribution >= 0.6 is 11.3 Å². The fourth-order valence-corrected chi connectivity index (χ4v) is 3.30. The molecule has 0 spiro atoms. The highest BCUT2D eigenvalue weighted by atomic mass is 32.1. The van der Waals surface area contributed by atoms with Crippen LogP contribution in [0.3, 0.4) is 0 Å². The summed E-state index contributed by atoms with van der Waals surface area (Å²) < 4.78 is 1.27. The van der Waals surface area contributed by atoms with Crippen molar-refractivity contribution in [2.24, 2.45) is 0 Å². The number of fused-ring (bicyclic) bond motifs is 3. The highest BCUT2D eigenvalue weighted by Gasteiger charge is 2.09. The molecule has 0 aromatic heterocycles. The number of benzene rings is 2. The quantitative estimate of drug-likeness (QED) is 0.543. The molecule has 0 fully saturated rings. The smallest absolute Gasteiger partial charge is 0.179 e. The first-order chi connectivity index (χ1) is 8.15. The predicted molar refractivity (Wildman–Crippen MR) is 74.2 cm³/mol. The molecule has 0 saturated carbocycles. The maximum absolute atomic E-state index is 11.5. The molecule has 1 aromatic rings. The van der Waals surface area contributed by atoms with Crippen molar-refractivity contribution in [3.8, 4) is 11.1 Å². The molecule has 1 aliphatic heterocycles. The van der Waals surface area contributed by atoms with Crippen LogP contribution in [-0.2, 0) is 0 Å². The number of aryl methyl sites for hydroxylation is 2. The van der Waals surface area contributed by atoms with Gasteiger partial charge >= 0.3 is 0 Å². The lowest BCUT2D eigenvalue weighted by molar-refractivity contribution is 1.44. The van der Waals surface area contributed by atoms with Crippen molar-refractivity contribution in [2.45, 2.75) is 13.8 Å². The van der Waals surface area contributed by atoms with Gasteiger partial charge in [-0.15, -0.1) is 11.3 Å². The Morgan fingerprint density at radius 2 is 1.88 bits per heavy atom. The first-order valence-corrected chi connectivity index (χ1v) is 6.46. The molecule has 0 radical (unpaired) electrons. The Balaban J connectivity index is 2.58. The van der Waals surface area contributed by atoms with Crippen LogP contribution in [0.25, 0.3) is 21.2 Å². The third-order valence-corrected chi connectivity index (χ3v) is 4.19. The van der Waals surface area contributed by atoms with E-state index in [9.17, 15) is 4.79 Å². The molecule has 0 amide bonds. The van der Waals surface area contributed by atoms with Crippen LogP contribution in [-0.4, -0.2) is 0 Å². The van der Waals surface area contributed by atoms with Crippen molar-refractivity contribution in [2.75, 3.05) is 0 Å². The molecule has 0 bridgehead atoms. The van der Waals surface area contributed by atoms with Crippen LogP contribution < -0.4 is 5.43 Å². The fourth-order valence-electron chi connectivity index (χ4n) is 2.30. The van der Waals surface area contributed by atoms with E-state index in [0.717, 1.165) is 11.1 Å². The lowest BCUT2D eigenvalue weighted by Crippen LogP contribution is -1.98. The SMILES string of the molecule is Cc1cc(C)c2scc3ccc(=O)cc-3c2c1. The Labute approximate surface area is 104 Å². The fraction of sp³-hybridized carbons (Fsp3) is 0.133. The van der Waals surface area contributed by atoms with Gasteiger partial charge in [0.2, 0.25) is 0 Å². The summed E-state index contributed by atoms with van der Waals surface area (Å²) in [7, 11) is 0. The standard InChI is InChI=1S/C15H12OS/c1-9-5-10(2)15-14(6-9)13-7-12(16)4-3-11(13)8-17-15/h3-8H,1-2H3. The van der Waals surface area contributed by atoms with E-state index in [1.54, 1.807) is 23.5 Å². The van der Waals surface area contributed by atoms with Gasteiger partial charge in [-0.05, 0) is 60.2 Å². The van der Waals surface area contributed by atoms with Crippen molar-refractivity contribution in [3.63, 3.8) is 0 Å². The molecule has 1 heterocycles. The Morgan fingerprint density at radius 1 is 1.06 bits per heavy atom. The topological polar surface area (TPSA) is 17.1 Å². The number of hydrogen-bond donors (Lipinski definition) is 0. The lowest BCUT2D eigenvalue weighted by Gasteiger charge is -2.10. The Morgan fingerprint density at radius 3 is 2.71 bits per heavy atom. The molecular formula is C15H12OS. The number of rotatable bonds is 0. The number of hydrogen-bond acceptors (Lipinski definition) is 2. The molecule has 1 aliphatic carbocycles. The summed E-state index contributed by atoms with van der Waals surface area (Å²) >= 11 is 1.75. The van der Waals surface area contributed by atoms with E-state index in [4.69, 9.17) is 0 Å². The molecule has 0 atom stereocenters. The van der Waals surface area contributed by atoms with E-state index in [2.05, 4.69) is 31.4 Å². The first-order valence-electron chi connectivity index (χ1n) is 5.58. The van der Waals surface area contributed by atoms with Gasteiger partial charge in [0.25, 0.3) is 0 Å². The van der Waals surface area contributed by atoms with Crippen molar-refractivity contribution < 1.29 is 0 Å². The summed E-state index contributed by atoms with van der Waals surface area (Å²) in [6, 6.07) is 9.63. The summed E-state index contributed by atoms with van der Waals surface area (Å²) in [5.41, 5.74) is 4.81. The molecule has 0 unspecified atom stereocenters. The van der Waals surface area contributed by atoms with Gasteiger partial charge in [-0.2, -0.15) is 0 Å². The Bertz CT molecular complexity index is 740. The summed E-state index contributed by atoms with van der Waals surface area (Å²) in [5.74, 6) is 0. The molecule has 2 aliphatic rings. The molecule has 0 N–H and O–H groups in total. The zero-order valence-corrected chi connectivity index (χ0v) is 10.6. The second kappa shape index (κ2) is 3.67. The molecule has 2 heteroatoms. The lowest BCUT2D eigenvalue weighted by atomic mass is 10.00. The summed E-state index contributed by atoms with van der Waals surface area (Å²) in [6.45, 7) is 4.22. The maximum Gasteiger partial charge on any atom is 0.179 e. The second-order valence-electron chi connectivity index (χ2n) is 4.44. The summed E-state index contributed by atoms with van der Waals surface area (Å²) in [5, 5.41) is 3.32. The van der Waals surface area contributed by atoms with Gasteiger partial charge in [0.1, 0.15) is 0 Å². The van der Waals surface area contributed by atoms with Crippen molar-refractivity contribution >= 4 is 21.4 Å². The zero-order valence-electron chi connectivity index (χ0n) is 9.78. The predicted octanol–water partition coefficient (Wildman–Crippen LogP) is 3.98. The third kappa shape index (κ3) is 1.65. The van der Waals surface area contributed by atoms with Crippen LogP contribution in [0.2, 0.25) is 0 Å². The van der Waals surface area contributed by atoms with Gasteiger partial charge < -0.3 is 0 Å². The average Bonchev–Trinajstić information content (AvgIpc) is 2.28. The summed E-state index contributed by atoms with van der Waals surface area (Å²) in [6.07, 6.45) is 0. The van der Waals surface area contributed by atoms with Crippen molar-refractivity contribution in [3.05, 3.63) is 57.1 Å². The van der Waals surface area contributed by atoms with Crippen LogP contribution in [0.4, 0.5) is 0 Å². The Hall–Kier alpha value is -1.67. The molecule has 17 heavy (non-hydrogen) atoms. The largest absolute Gasteiger partial charge is 0.290 e. The highest BCUT2D eigenvalue weighted by molar-refractivity contribution is 7.17. The van der Waals surface area contributed by atoms with Gasteiger partial charge in [0.15, 0.2) is 5.43 Å². The first kappa shape index (κ1) is 10.5. The van der Waals surface area contributed by atoms with Gasteiger partial charge in [0.05, 0.1) is 0 Å². The van der Waals surface area contributed by atoms with E-state index >= 15 is 0 Å². The van der Waals surface area contributed by atoms with Crippen LogP contribution in [0.5, 0.6) is 0 Å². The van der Waals surface area contributed by atoms with Gasteiger partial charge in [0, 0.05) is 10.1 Å². The molecule has 84 valence electrons. The van der Waals surface area contributed by atoms with Crippen LogP contribution in [0.15, 0.2) is 40.5 Å². The van der Waals surface area contributed by atoms with Gasteiger partial charge in [-0.3, -0.25) is 4.79 Å². The minimum absolute atomic E-state index is 0.0779. The minimum Gasteiger partial charge on any atom is -0.290 e. The molecule has 0 saturated heterocycles. The van der Waals surface area contributed by atoms with E-state index in [1.807, 2.05) is 6.07 Å². The monoisotopic (exact) mass is 240 g/mol. The average molecular weight is 240 g/mol. The van der Waals surface area contributed by atoms with E-state index < -0.39 is 0 Å². The Kier molecular flexibility index (Phi) is 2.26. The van der Waals surface area contributed by atoms with E-state index in [1.165, 1.54) is 21.2 Å². The second-order valence-corrected chi connectivity index (χ2v) is 5.32. The molecular weight excluding hydrogens is 228 g/mol. The van der Waals surface area contributed by atoms with Crippen molar-refractivity contribution in [1.29, 1.82) is 0 Å². The zero-order chi connectivity index (χ0) is 12.0. The van der Waals surface area contributed by atoms with Crippen LogP contribution in [0.1, 0.15) is 11.1 Å². The van der Waals surface area contributed by atoms with Gasteiger partial charge in [-0.1, -0.05) is 11.6 Å². The normalized spacial score (nSPS) is 11.2. The molecule has 1 aromatic carbocycles.